The van der Waals surface area contributed by atoms with E-state index in [1.807, 2.05) is 5.38 Å². The number of morpholine rings is 1. The number of hydrogen-bond acceptors (Lipinski definition) is 8. The highest BCUT2D eigenvalue weighted by Crippen LogP contribution is 2.24. The van der Waals surface area contributed by atoms with E-state index in [0.29, 0.717) is 31.2 Å². The summed E-state index contributed by atoms with van der Waals surface area (Å²) >= 11 is 1.36. The summed E-state index contributed by atoms with van der Waals surface area (Å²) in [7, 11) is -3.95. The molecular formula is C12H13N3O5S2. The van der Waals surface area contributed by atoms with Crippen LogP contribution in [0.3, 0.4) is 0 Å². The fourth-order valence-electron chi connectivity index (χ4n) is 1.96. The first kappa shape index (κ1) is 15.1. The third kappa shape index (κ3) is 3.18. The van der Waals surface area contributed by atoms with Crippen LogP contribution in [0.5, 0.6) is 0 Å². The SMILES string of the molecule is O=C(CS(=O)(=O)c1nnc(-c2cccs2)o1)N1CCOCC1. The molecule has 0 unspecified atom stereocenters. The van der Waals surface area contributed by atoms with Gasteiger partial charge in [-0.1, -0.05) is 11.2 Å². The van der Waals surface area contributed by atoms with Crippen molar-refractivity contribution in [2.75, 3.05) is 32.1 Å². The maximum Gasteiger partial charge on any atom is 0.336 e. The van der Waals surface area contributed by atoms with Gasteiger partial charge in [-0.05, 0) is 11.4 Å². The lowest BCUT2D eigenvalue weighted by molar-refractivity contribution is -0.132. The van der Waals surface area contributed by atoms with Gasteiger partial charge < -0.3 is 14.1 Å². The molecule has 0 N–H and O–H groups in total. The summed E-state index contributed by atoms with van der Waals surface area (Å²) in [6.07, 6.45) is 0. The minimum Gasteiger partial charge on any atom is -0.407 e. The third-order valence-corrected chi connectivity index (χ3v) is 5.26. The second-order valence-corrected chi connectivity index (χ2v) is 7.42. The molecule has 0 aliphatic carbocycles. The van der Waals surface area contributed by atoms with Crippen LogP contribution in [0, 0.1) is 0 Å². The maximum absolute atomic E-state index is 12.2. The van der Waals surface area contributed by atoms with Gasteiger partial charge in [-0.25, -0.2) is 8.42 Å². The average molecular weight is 343 g/mol. The first-order valence-electron chi connectivity index (χ1n) is 6.52. The lowest BCUT2D eigenvalue weighted by Gasteiger charge is -2.26. The number of aromatic nitrogens is 2. The van der Waals surface area contributed by atoms with Gasteiger partial charge >= 0.3 is 5.22 Å². The van der Waals surface area contributed by atoms with Crippen LogP contribution in [0.15, 0.2) is 27.2 Å². The topological polar surface area (TPSA) is 103 Å². The Bertz CT molecular complexity index is 748. The number of sulfone groups is 1. The maximum atomic E-state index is 12.2. The Morgan fingerprint density at radius 2 is 2.09 bits per heavy atom. The molecule has 1 saturated heterocycles. The number of carbonyl (C=O) groups is 1. The highest BCUT2D eigenvalue weighted by atomic mass is 32.2. The van der Waals surface area contributed by atoms with Crippen LogP contribution in [-0.2, 0) is 19.4 Å². The summed E-state index contributed by atoms with van der Waals surface area (Å²) in [6, 6.07) is 3.54. The molecule has 3 rings (SSSR count). The van der Waals surface area contributed by atoms with E-state index in [2.05, 4.69) is 10.2 Å². The number of carbonyl (C=O) groups excluding carboxylic acids is 1. The smallest absolute Gasteiger partial charge is 0.336 e. The van der Waals surface area contributed by atoms with Crippen molar-refractivity contribution in [1.82, 2.24) is 15.1 Å². The van der Waals surface area contributed by atoms with Gasteiger partial charge in [-0.15, -0.1) is 16.4 Å². The molecule has 1 aliphatic rings. The second-order valence-electron chi connectivity index (χ2n) is 4.60. The predicted molar refractivity (Wildman–Crippen MR) is 77.1 cm³/mol. The highest BCUT2D eigenvalue weighted by molar-refractivity contribution is 7.91. The van der Waals surface area contributed by atoms with E-state index < -0.39 is 26.7 Å². The van der Waals surface area contributed by atoms with Crippen LogP contribution < -0.4 is 0 Å². The van der Waals surface area contributed by atoms with Gasteiger partial charge in [0.2, 0.25) is 15.7 Å². The monoisotopic (exact) mass is 343 g/mol. The van der Waals surface area contributed by atoms with Crippen molar-refractivity contribution in [2.45, 2.75) is 5.22 Å². The Balaban J connectivity index is 1.74. The zero-order valence-electron chi connectivity index (χ0n) is 11.5. The molecule has 1 amide bonds. The van der Waals surface area contributed by atoms with Gasteiger partial charge in [0.25, 0.3) is 5.89 Å². The molecule has 0 saturated carbocycles. The molecule has 8 nitrogen and oxygen atoms in total. The first-order valence-corrected chi connectivity index (χ1v) is 9.05. The normalized spacial score (nSPS) is 15.9. The molecule has 0 aromatic carbocycles. The van der Waals surface area contributed by atoms with Crippen molar-refractivity contribution in [3.8, 4) is 10.8 Å². The molecule has 118 valence electrons. The summed E-state index contributed by atoms with van der Waals surface area (Å²) in [5, 5.41) is 8.55. The van der Waals surface area contributed by atoms with Crippen LogP contribution in [0.2, 0.25) is 0 Å². The van der Waals surface area contributed by atoms with E-state index in [1.165, 1.54) is 16.2 Å². The van der Waals surface area contributed by atoms with Gasteiger partial charge in [0.1, 0.15) is 5.75 Å². The number of hydrogen-bond donors (Lipinski definition) is 0. The van der Waals surface area contributed by atoms with Crippen LogP contribution in [0.25, 0.3) is 10.8 Å². The van der Waals surface area contributed by atoms with Crippen molar-refractivity contribution in [3.63, 3.8) is 0 Å². The largest absolute Gasteiger partial charge is 0.407 e. The number of ether oxygens (including phenoxy) is 1. The van der Waals surface area contributed by atoms with Crippen LogP contribution in [0.4, 0.5) is 0 Å². The lowest BCUT2D eigenvalue weighted by Crippen LogP contribution is -2.43. The quantitative estimate of drug-likeness (QED) is 0.793. The number of thiophene rings is 1. The molecule has 2 aromatic heterocycles. The van der Waals surface area contributed by atoms with Gasteiger partial charge in [0.15, 0.2) is 0 Å². The second kappa shape index (κ2) is 6.15. The molecule has 1 fully saturated rings. The van der Waals surface area contributed by atoms with E-state index in [0.717, 1.165) is 0 Å². The van der Waals surface area contributed by atoms with Gasteiger partial charge in [-0.3, -0.25) is 4.79 Å². The Kier molecular flexibility index (Phi) is 4.23. The third-order valence-electron chi connectivity index (χ3n) is 3.08. The summed E-state index contributed by atoms with van der Waals surface area (Å²) in [5.41, 5.74) is 0. The average Bonchev–Trinajstić information content (AvgIpc) is 3.19. The molecule has 3 heterocycles. The van der Waals surface area contributed by atoms with Crippen molar-refractivity contribution in [3.05, 3.63) is 17.5 Å². The van der Waals surface area contributed by atoms with E-state index in [9.17, 15) is 13.2 Å². The summed E-state index contributed by atoms with van der Waals surface area (Å²) < 4.78 is 34.7. The predicted octanol–water partition coefficient (Wildman–Crippen LogP) is 0.431. The number of amides is 1. The number of rotatable bonds is 4. The van der Waals surface area contributed by atoms with Gasteiger partial charge in [0.05, 0.1) is 18.1 Å². The lowest BCUT2D eigenvalue weighted by atomic mass is 10.4. The molecule has 22 heavy (non-hydrogen) atoms. The van der Waals surface area contributed by atoms with E-state index in [4.69, 9.17) is 9.15 Å². The van der Waals surface area contributed by atoms with Crippen molar-refractivity contribution < 1.29 is 22.4 Å². The molecule has 1 aliphatic heterocycles. The Hall–Kier alpha value is -1.78. The van der Waals surface area contributed by atoms with E-state index in [1.54, 1.807) is 12.1 Å². The molecule has 2 aromatic rings. The zero-order chi connectivity index (χ0) is 15.6. The van der Waals surface area contributed by atoms with Gasteiger partial charge in [0, 0.05) is 13.1 Å². The molecule has 0 atom stereocenters. The van der Waals surface area contributed by atoms with E-state index >= 15 is 0 Å². The minimum absolute atomic E-state index is 0.132. The summed E-state index contributed by atoms with van der Waals surface area (Å²) in [5.74, 6) is -1.04. The molecule has 0 spiro atoms. The molecule has 0 radical (unpaired) electrons. The van der Waals surface area contributed by atoms with Crippen molar-refractivity contribution in [2.24, 2.45) is 0 Å². The Morgan fingerprint density at radius 1 is 1.32 bits per heavy atom. The minimum atomic E-state index is -3.95. The fourth-order valence-corrected chi connectivity index (χ4v) is 3.61. The van der Waals surface area contributed by atoms with Crippen LogP contribution in [0.1, 0.15) is 0 Å². The summed E-state index contributed by atoms with van der Waals surface area (Å²) in [4.78, 5) is 14.2. The Labute approximate surface area is 130 Å². The zero-order valence-corrected chi connectivity index (χ0v) is 13.1. The van der Waals surface area contributed by atoms with E-state index in [-0.39, 0.29) is 5.89 Å². The van der Waals surface area contributed by atoms with Crippen molar-refractivity contribution >= 4 is 27.1 Å². The first-order chi connectivity index (χ1) is 10.6. The van der Waals surface area contributed by atoms with Crippen LogP contribution in [-0.4, -0.2) is 61.5 Å². The molecule has 10 heteroatoms. The molecular weight excluding hydrogens is 330 g/mol. The van der Waals surface area contributed by atoms with Crippen LogP contribution >= 0.6 is 11.3 Å². The van der Waals surface area contributed by atoms with Crippen molar-refractivity contribution in [1.29, 1.82) is 0 Å². The fraction of sp³-hybridized carbons (Fsp3) is 0.417. The number of nitrogens with zero attached hydrogens (tertiary/aromatic N) is 3. The summed E-state index contributed by atoms with van der Waals surface area (Å²) in [6.45, 7) is 1.60. The standard InChI is InChI=1S/C12H13N3O5S2/c16-10(15-3-5-19-6-4-15)8-22(17,18)12-14-13-11(20-12)9-2-1-7-21-9/h1-2,7H,3-6,8H2. The molecule has 0 bridgehead atoms. The highest BCUT2D eigenvalue weighted by Gasteiger charge is 2.29. The van der Waals surface area contributed by atoms with Gasteiger partial charge in [-0.2, -0.15) is 0 Å². The Morgan fingerprint density at radius 3 is 2.77 bits per heavy atom.